The molecule has 0 aliphatic heterocycles. The predicted molar refractivity (Wildman–Crippen MR) is 25.4 cm³/mol. The molecule has 0 aromatic heterocycles. The molecule has 0 saturated carbocycles. The Balaban J connectivity index is 3.56. The smallest absolute Gasteiger partial charge is 0.186 e. The fourth-order valence-corrected chi connectivity index (χ4v) is 0.166. The maximum absolute atomic E-state index is 10.1. The second-order valence-corrected chi connectivity index (χ2v) is 1.25. The van der Waals surface area contributed by atoms with Gasteiger partial charge >= 0.3 is 0 Å². The van der Waals surface area contributed by atoms with E-state index in [0.29, 0.717) is 0 Å². The van der Waals surface area contributed by atoms with Crippen molar-refractivity contribution < 1.29 is 9.90 Å². The molecule has 0 fully saturated rings. The summed E-state index contributed by atoms with van der Waals surface area (Å²) in [6.45, 7) is 4.43. The summed E-state index contributed by atoms with van der Waals surface area (Å²) >= 11 is 0. The topological polar surface area (TPSA) is 37.0 Å². The number of hydrogen-bond donors (Lipinski definition) is 0. The lowest BCUT2D eigenvalue weighted by molar-refractivity contribution is -0.124. The first kappa shape index (κ1) is 6.37. The Hall–Kier alpha value is -0.630. The van der Waals surface area contributed by atoms with Gasteiger partial charge in [-0.05, 0) is 13.0 Å². The molecule has 0 aromatic carbocycles. The quantitative estimate of drug-likeness (QED) is 0.466. The molecule has 1 radical (unpaired) electrons. The minimum absolute atomic E-state index is 0.444. The highest BCUT2D eigenvalue weighted by Crippen LogP contribution is 1.82. The van der Waals surface area contributed by atoms with Crippen molar-refractivity contribution in [2.45, 2.75) is 13.0 Å². The normalized spacial score (nSPS) is 12.9. The van der Waals surface area contributed by atoms with Crippen LogP contribution < -0.4 is 0 Å². The van der Waals surface area contributed by atoms with Gasteiger partial charge in [0.1, 0.15) is 0 Å². The van der Waals surface area contributed by atoms with Crippen LogP contribution in [0.2, 0.25) is 0 Å². The molecule has 0 aromatic rings. The molecular formula is C5H7O2. The summed E-state index contributed by atoms with van der Waals surface area (Å²) in [7, 11) is 0. The highest BCUT2D eigenvalue weighted by molar-refractivity contribution is 5.92. The summed E-state index contributed by atoms with van der Waals surface area (Å²) < 4.78 is 0. The molecule has 0 aliphatic carbocycles. The van der Waals surface area contributed by atoms with E-state index in [1.165, 1.54) is 6.92 Å². The van der Waals surface area contributed by atoms with E-state index in [1.807, 2.05) is 0 Å². The third-order valence-electron chi connectivity index (χ3n) is 0.602. The van der Waals surface area contributed by atoms with E-state index in [-0.39, 0.29) is 0 Å². The number of carbonyl (C=O) groups excluding carboxylic acids is 1. The van der Waals surface area contributed by atoms with E-state index in [4.69, 9.17) is 0 Å². The van der Waals surface area contributed by atoms with Gasteiger partial charge in [-0.15, -0.1) is 0 Å². The minimum Gasteiger partial charge on any atom is -0.292 e. The Morgan fingerprint density at radius 2 is 2.29 bits per heavy atom. The minimum atomic E-state index is -1.14. The SMILES string of the molecule is C=CC(=O)C(C)[O]. The van der Waals surface area contributed by atoms with Crippen molar-refractivity contribution in [3.05, 3.63) is 12.7 Å². The van der Waals surface area contributed by atoms with Crippen molar-refractivity contribution in [1.82, 2.24) is 0 Å². The first-order chi connectivity index (χ1) is 3.18. The molecule has 0 aliphatic rings. The molecule has 39 valence electrons. The number of carbonyl (C=O) groups is 1. The molecule has 2 nitrogen and oxygen atoms in total. The second-order valence-electron chi connectivity index (χ2n) is 1.25. The fraction of sp³-hybridized carbons (Fsp3) is 0.400. The van der Waals surface area contributed by atoms with Crippen molar-refractivity contribution in [3.8, 4) is 0 Å². The van der Waals surface area contributed by atoms with Crippen LogP contribution in [0.15, 0.2) is 12.7 Å². The summed E-state index contributed by atoms with van der Waals surface area (Å²) in [6.07, 6.45) is -0.102. The van der Waals surface area contributed by atoms with Crippen LogP contribution >= 0.6 is 0 Å². The largest absolute Gasteiger partial charge is 0.292 e. The molecule has 0 amide bonds. The lowest BCUT2D eigenvalue weighted by Gasteiger charge is -1.88. The summed E-state index contributed by atoms with van der Waals surface area (Å²) in [6, 6.07) is 0. The summed E-state index contributed by atoms with van der Waals surface area (Å²) in [4.78, 5) is 10.1. The van der Waals surface area contributed by atoms with Crippen molar-refractivity contribution in [3.63, 3.8) is 0 Å². The van der Waals surface area contributed by atoms with Crippen LogP contribution in [0.25, 0.3) is 0 Å². The van der Waals surface area contributed by atoms with Crippen molar-refractivity contribution in [1.29, 1.82) is 0 Å². The Morgan fingerprint density at radius 3 is 2.29 bits per heavy atom. The molecule has 0 rings (SSSR count). The van der Waals surface area contributed by atoms with Gasteiger partial charge in [0, 0.05) is 0 Å². The maximum Gasteiger partial charge on any atom is 0.186 e. The van der Waals surface area contributed by atoms with Crippen LogP contribution in [0.5, 0.6) is 0 Å². The van der Waals surface area contributed by atoms with Crippen molar-refractivity contribution in [2.75, 3.05) is 0 Å². The third-order valence-corrected chi connectivity index (χ3v) is 0.602. The van der Waals surface area contributed by atoms with Crippen LogP contribution in [0.1, 0.15) is 6.92 Å². The number of hydrogen-bond acceptors (Lipinski definition) is 1. The fourth-order valence-electron chi connectivity index (χ4n) is 0.166. The van der Waals surface area contributed by atoms with E-state index in [1.54, 1.807) is 0 Å². The highest BCUT2D eigenvalue weighted by Gasteiger charge is 2.02. The monoisotopic (exact) mass is 99.0 g/mol. The molecule has 0 bridgehead atoms. The standard InChI is InChI=1S/C5H7O2/c1-3-5(7)4(2)6/h3-4H,1H2,2H3. The van der Waals surface area contributed by atoms with Gasteiger partial charge in [0.25, 0.3) is 0 Å². The van der Waals surface area contributed by atoms with E-state index >= 15 is 0 Å². The van der Waals surface area contributed by atoms with Crippen molar-refractivity contribution in [2.24, 2.45) is 0 Å². The first-order valence-electron chi connectivity index (χ1n) is 2.00. The second kappa shape index (κ2) is 2.53. The molecule has 0 N–H and O–H groups in total. The lowest BCUT2D eigenvalue weighted by Crippen LogP contribution is -2.09. The highest BCUT2D eigenvalue weighted by atomic mass is 16.3. The molecule has 2 heteroatoms. The van der Waals surface area contributed by atoms with Gasteiger partial charge in [0.15, 0.2) is 11.9 Å². The average molecular weight is 99.1 g/mol. The maximum atomic E-state index is 10.1. The lowest BCUT2D eigenvalue weighted by atomic mass is 10.3. The van der Waals surface area contributed by atoms with Crippen LogP contribution in [-0.4, -0.2) is 11.9 Å². The molecule has 1 unspecified atom stereocenters. The van der Waals surface area contributed by atoms with E-state index < -0.39 is 11.9 Å². The molecule has 0 saturated heterocycles. The van der Waals surface area contributed by atoms with E-state index in [2.05, 4.69) is 6.58 Å². The Morgan fingerprint density at radius 1 is 1.86 bits per heavy atom. The molecule has 0 heterocycles. The Labute approximate surface area is 42.5 Å². The zero-order valence-corrected chi connectivity index (χ0v) is 4.18. The van der Waals surface area contributed by atoms with Gasteiger partial charge in [-0.25, -0.2) is 5.11 Å². The number of ketones is 1. The predicted octanol–water partition coefficient (Wildman–Crippen LogP) is 0.560. The van der Waals surface area contributed by atoms with Gasteiger partial charge in [-0.1, -0.05) is 6.58 Å². The van der Waals surface area contributed by atoms with Gasteiger partial charge < -0.3 is 0 Å². The summed E-state index contributed by atoms with van der Waals surface area (Å²) in [5.74, 6) is -0.444. The average Bonchev–Trinajstić information content (AvgIpc) is 1.65. The van der Waals surface area contributed by atoms with Gasteiger partial charge in [-0.3, -0.25) is 4.79 Å². The van der Waals surface area contributed by atoms with Gasteiger partial charge in [0.05, 0.1) is 0 Å². The zero-order valence-electron chi connectivity index (χ0n) is 4.18. The molecule has 1 atom stereocenters. The van der Waals surface area contributed by atoms with Crippen LogP contribution in [0.3, 0.4) is 0 Å². The van der Waals surface area contributed by atoms with Crippen LogP contribution in [-0.2, 0) is 9.90 Å². The third kappa shape index (κ3) is 2.11. The molecular weight excluding hydrogens is 92.1 g/mol. The van der Waals surface area contributed by atoms with Gasteiger partial charge in [0.2, 0.25) is 0 Å². The number of rotatable bonds is 2. The molecule has 7 heavy (non-hydrogen) atoms. The van der Waals surface area contributed by atoms with E-state index in [9.17, 15) is 9.90 Å². The summed E-state index contributed by atoms with van der Waals surface area (Å²) in [5, 5.41) is 10.0. The van der Waals surface area contributed by atoms with E-state index in [0.717, 1.165) is 6.08 Å². The molecule has 0 spiro atoms. The first-order valence-corrected chi connectivity index (χ1v) is 2.00. The van der Waals surface area contributed by atoms with Crippen LogP contribution in [0, 0.1) is 0 Å². The van der Waals surface area contributed by atoms with Crippen molar-refractivity contribution >= 4 is 5.78 Å². The van der Waals surface area contributed by atoms with Gasteiger partial charge in [-0.2, -0.15) is 0 Å². The Kier molecular flexibility index (Phi) is 2.30. The summed E-state index contributed by atoms with van der Waals surface area (Å²) in [5.41, 5.74) is 0. The Bertz CT molecular complexity index is 84.1. The zero-order chi connectivity index (χ0) is 5.86. The van der Waals surface area contributed by atoms with Crippen LogP contribution in [0.4, 0.5) is 0 Å².